The van der Waals surface area contributed by atoms with Gasteiger partial charge in [-0.2, -0.15) is 0 Å². The van der Waals surface area contributed by atoms with Gasteiger partial charge in [0.25, 0.3) is 0 Å². The molecule has 0 aliphatic carbocycles. The molecule has 0 atom stereocenters. The first-order valence-electron chi connectivity index (χ1n) is 8.99. The maximum atomic E-state index is 12.5. The molecule has 0 spiro atoms. The van der Waals surface area contributed by atoms with Gasteiger partial charge in [-0.05, 0) is 35.6 Å². The van der Waals surface area contributed by atoms with Crippen LogP contribution in [0.3, 0.4) is 0 Å². The van der Waals surface area contributed by atoms with Crippen molar-refractivity contribution in [2.45, 2.75) is 26.3 Å². The highest BCUT2D eigenvalue weighted by Gasteiger charge is 2.19. The molecular weight excluding hydrogens is 346 g/mol. The number of anilines is 1. The van der Waals surface area contributed by atoms with E-state index in [1.165, 1.54) is 12.5 Å². The summed E-state index contributed by atoms with van der Waals surface area (Å²) in [6.45, 7) is 5.89. The summed E-state index contributed by atoms with van der Waals surface area (Å²) in [5.41, 5.74) is 2.04. The van der Waals surface area contributed by atoms with Crippen molar-refractivity contribution < 1.29 is 9.59 Å². The standard InChI is InChI=1S/C20H25N3O2S/c1-16(24)21-18-7-5-17(6-8-18)15-22-9-3-10-23(12-11-22)20(25)14-19-4-2-13-26-19/h2,4-8,13H,3,9-12,14-15H2,1H3,(H,21,24). The maximum Gasteiger partial charge on any atom is 0.227 e. The second kappa shape index (κ2) is 8.96. The van der Waals surface area contributed by atoms with E-state index >= 15 is 0 Å². The van der Waals surface area contributed by atoms with E-state index in [9.17, 15) is 9.59 Å². The van der Waals surface area contributed by atoms with Crippen LogP contribution in [0.1, 0.15) is 23.8 Å². The Morgan fingerprint density at radius 3 is 2.58 bits per heavy atom. The monoisotopic (exact) mass is 371 g/mol. The topological polar surface area (TPSA) is 52.7 Å². The highest BCUT2D eigenvalue weighted by Crippen LogP contribution is 2.15. The molecule has 0 unspecified atom stereocenters. The predicted octanol–water partition coefficient (Wildman–Crippen LogP) is 2.98. The lowest BCUT2D eigenvalue weighted by molar-refractivity contribution is -0.130. The van der Waals surface area contributed by atoms with Gasteiger partial charge in [0.15, 0.2) is 0 Å². The molecule has 1 aliphatic heterocycles. The van der Waals surface area contributed by atoms with Crippen LogP contribution in [0, 0.1) is 0 Å². The number of amides is 2. The summed E-state index contributed by atoms with van der Waals surface area (Å²) >= 11 is 1.64. The molecule has 1 aromatic carbocycles. The lowest BCUT2D eigenvalue weighted by Crippen LogP contribution is -2.35. The van der Waals surface area contributed by atoms with Gasteiger partial charge in [-0.25, -0.2) is 0 Å². The molecule has 1 aromatic heterocycles. The van der Waals surface area contributed by atoms with E-state index in [1.54, 1.807) is 11.3 Å². The Balaban J connectivity index is 1.50. The van der Waals surface area contributed by atoms with Crippen molar-refractivity contribution in [2.75, 3.05) is 31.5 Å². The van der Waals surface area contributed by atoms with Gasteiger partial charge in [0.1, 0.15) is 0 Å². The van der Waals surface area contributed by atoms with Crippen molar-refractivity contribution in [3.63, 3.8) is 0 Å². The second-order valence-corrected chi connectivity index (χ2v) is 7.68. The van der Waals surface area contributed by atoms with E-state index in [-0.39, 0.29) is 11.8 Å². The fraction of sp³-hybridized carbons (Fsp3) is 0.400. The number of rotatable bonds is 5. The maximum absolute atomic E-state index is 12.5. The average molecular weight is 372 g/mol. The summed E-state index contributed by atoms with van der Waals surface area (Å²) in [7, 11) is 0. The van der Waals surface area contributed by atoms with Gasteiger partial charge in [-0.15, -0.1) is 11.3 Å². The van der Waals surface area contributed by atoms with E-state index in [2.05, 4.69) is 22.3 Å². The van der Waals surface area contributed by atoms with E-state index < -0.39 is 0 Å². The molecule has 1 saturated heterocycles. The number of carbonyl (C=O) groups is 2. The van der Waals surface area contributed by atoms with Gasteiger partial charge >= 0.3 is 0 Å². The highest BCUT2D eigenvalue weighted by molar-refractivity contribution is 7.10. The third kappa shape index (κ3) is 5.41. The van der Waals surface area contributed by atoms with Crippen molar-refractivity contribution in [3.05, 3.63) is 52.2 Å². The van der Waals surface area contributed by atoms with Gasteiger partial charge in [0.05, 0.1) is 6.42 Å². The fourth-order valence-corrected chi connectivity index (χ4v) is 3.90. The number of benzene rings is 1. The molecule has 2 aromatic rings. The Morgan fingerprint density at radius 2 is 1.88 bits per heavy atom. The number of thiophene rings is 1. The molecular formula is C20H25N3O2S. The Morgan fingerprint density at radius 1 is 1.08 bits per heavy atom. The van der Waals surface area contributed by atoms with Crippen molar-refractivity contribution in [1.29, 1.82) is 0 Å². The zero-order valence-corrected chi connectivity index (χ0v) is 15.9. The van der Waals surface area contributed by atoms with Gasteiger partial charge < -0.3 is 10.2 Å². The molecule has 0 bridgehead atoms. The smallest absolute Gasteiger partial charge is 0.227 e. The van der Waals surface area contributed by atoms with Crippen LogP contribution in [0.4, 0.5) is 5.69 Å². The number of carbonyl (C=O) groups excluding carboxylic acids is 2. The van der Waals surface area contributed by atoms with E-state index in [0.29, 0.717) is 6.42 Å². The van der Waals surface area contributed by atoms with Gasteiger partial charge in [-0.1, -0.05) is 18.2 Å². The Labute approximate surface area is 158 Å². The zero-order valence-electron chi connectivity index (χ0n) is 15.1. The minimum Gasteiger partial charge on any atom is -0.341 e. The zero-order chi connectivity index (χ0) is 18.4. The largest absolute Gasteiger partial charge is 0.341 e. The summed E-state index contributed by atoms with van der Waals surface area (Å²) < 4.78 is 0. The van der Waals surface area contributed by atoms with Crippen LogP contribution >= 0.6 is 11.3 Å². The molecule has 0 saturated carbocycles. The fourth-order valence-electron chi connectivity index (χ4n) is 3.21. The minimum atomic E-state index is -0.0578. The van der Waals surface area contributed by atoms with Crippen LogP contribution in [0.15, 0.2) is 41.8 Å². The van der Waals surface area contributed by atoms with Crippen LogP contribution < -0.4 is 5.32 Å². The summed E-state index contributed by atoms with van der Waals surface area (Å²) in [6, 6.07) is 12.0. The summed E-state index contributed by atoms with van der Waals surface area (Å²) in [5, 5.41) is 4.80. The average Bonchev–Trinajstić information content (AvgIpc) is 3.00. The quantitative estimate of drug-likeness (QED) is 0.879. The molecule has 138 valence electrons. The first kappa shape index (κ1) is 18.6. The van der Waals surface area contributed by atoms with E-state index in [1.807, 2.05) is 34.5 Å². The summed E-state index contributed by atoms with van der Waals surface area (Å²) in [4.78, 5) is 29.1. The molecule has 1 aliphatic rings. The minimum absolute atomic E-state index is 0.0578. The van der Waals surface area contributed by atoms with Crippen LogP contribution in [-0.4, -0.2) is 47.8 Å². The highest BCUT2D eigenvalue weighted by atomic mass is 32.1. The van der Waals surface area contributed by atoms with Crippen LogP contribution in [0.25, 0.3) is 0 Å². The van der Waals surface area contributed by atoms with Crippen LogP contribution in [-0.2, 0) is 22.6 Å². The van der Waals surface area contributed by atoms with Gasteiger partial charge in [-0.3, -0.25) is 14.5 Å². The number of hydrogen-bond donors (Lipinski definition) is 1. The van der Waals surface area contributed by atoms with Crippen molar-refractivity contribution in [3.8, 4) is 0 Å². The third-order valence-electron chi connectivity index (χ3n) is 4.53. The Hall–Kier alpha value is -2.18. The molecule has 0 radical (unpaired) electrons. The predicted molar refractivity (Wildman–Crippen MR) is 105 cm³/mol. The first-order valence-corrected chi connectivity index (χ1v) is 9.87. The number of nitrogens with zero attached hydrogens (tertiary/aromatic N) is 2. The molecule has 26 heavy (non-hydrogen) atoms. The summed E-state index contributed by atoms with van der Waals surface area (Å²) in [6.07, 6.45) is 1.52. The molecule has 2 amide bonds. The van der Waals surface area contributed by atoms with Gasteiger partial charge in [0, 0.05) is 50.2 Å². The number of nitrogens with one attached hydrogen (secondary N) is 1. The van der Waals surface area contributed by atoms with E-state index in [4.69, 9.17) is 0 Å². The van der Waals surface area contributed by atoms with E-state index in [0.717, 1.165) is 49.7 Å². The molecule has 1 fully saturated rings. The van der Waals surface area contributed by atoms with Gasteiger partial charge in [0.2, 0.25) is 11.8 Å². The molecule has 6 heteroatoms. The van der Waals surface area contributed by atoms with Crippen molar-refractivity contribution in [2.24, 2.45) is 0 Å². The first-order chi connectivity index (χ1) is 12.6. The SMILES string of the molecule is CC(=O)Nc1ccc(CN2CCCN(C(=O)Cc3cccs3)CC2)cc1. The Kier molecular flexibility index (Phi) is 6.41. The molecule has 5 nitrogen and oxygen atoms in total. The Bertz CT molecular complexity index is 728. The van der Waals surface area contributed by atoms with Crippen molar-refractivity contribution >= 4 is 28.8 Å². The van der Waals surface area contributed by atoms with Crippen LogP contribution in [0.2, 0.25) is 0 Å². The van der Waals surface area contributed by atoms with Crippen LogP contribution in [0.5, 0.6) is 0 Å². The summed E-state index contributed by atoms with van der Waals surface area (Å²) in [5.74, 6) is 0.173. The second-order valence-electron chi connectivity index (χ2n) is 6.64. The van der Waals surface area contributed by atoms with Crippen molar-refractivity contribution in [1.82, 2.24) is 9.80 Å². The lowest BCUT2D eigenvalue weighted by atomic mass is 10.2. The lowest BCUT2D eigenvalue weighted by Gasteiger charge is -2.22. The number of hydrogen-bond acceptors (Lipinski definition) is 4. The third-order valence-corrected chi connectivity index (χ3v) is 5.40. The molecule has 1 N–H and O–H groups in total. The normalized spacial score (nSPS) is 15.5. The molecule has 2 heterocycles. The molecule has 3 rings (SSSR count).